The molecule has 2 fully saturated rings. The normalized spacial score (nSPS) is 19.0. The van der Waals surface area contributed by atoms with Crippen LogP contribution in [0.4, 0.5) is 15.0 Å². The Balaban J connectivity index is 1.59. The van der Waals surface area contributed by atoms with Gasteiger partial charge in [-0.2, -0.15) is 0 Å². The van der Waals surface area contributed by atoms with Crippen molar-refractivity contribution in [2.45, 2.75) is 44.8 Å². The number of ether oxygens (including phenoxy) is 1. The zero-order valence-corrected chi connectivity index (χ0v) is 26.7. The van der Waals surface area contributed by atoms with E-state index >= 15 is 0 Å². The first-order valence-corrected chi connectivity index (χ1v) is 16.9. The molecular formula is C29H40FN6O9P. The molecule has 2 aliphatic heterocycles. The van der Waals surface area contributed by atoms with Gasteiger partial charge in [0, 0.05) is 44.9 Å². The molecule has 0 aliphatic carbocycles. The number of rotatable bonds is 14. The summed E-state index contributed by atoms with van der Waals surface area (Å²) in [5.74, 6) is -1.26. The van der Waals surface area contributed by atoms with Gasteiger partial charge in [-0.3, -0.25) is 14.2 Å². The number of piperazine rings is 1. The molecule has 17 heteroatoms. The van der Waals surface area contributed by atoms with E-state index in [1.807, 2.05) is 11.8 Å². The van der Waals surface area contributed by atoms with E-state index in [0.717, 1.165) is 12.8 Å². The summed E-state index contributed by atoms with van der Waals surface area (Å²) in [6.45, 7) is 3.49. The van der Waals surface area contributed by atoms with Crippen molar-refractivity contribution in [3.63, 3.8) is 0 Å². The van der Waals surface area contributed by atoms with E-state index in [0.29, 0.717) is 30.9 Å². The third kappa shape index (κ3) is 9.90. The van der Waals surface area contributed by atoms with Crippen molar-refractivity contribution in [1.29, 1.82) is 0 Å². The van der Waals surface area contributed by atoms with Gasteiger partial charge >= 0.3 is 13.8 Å². The van der Waals surface area contributed by atoms with Gasteiger partial charge in [0.25, 0.3) is 5.91 Å². The third-order valence-electron chi connectivity index (χ3n) is 7.68. The maximum absolute atomic E-state index is 14.1. The number of carbonyl (C=O) groups is 3. The molecule has 0 bridgehead atoms. The van der Waals surface area contributed by atoms with E-state index in [9.17, 15) is 28.2 Å². The Bertz CT molecular complexity index is 1430. The van der Waals surface area contributed by atoms with Crippen LogP contribution >= 0.6 is 7.60 Å². The molecule has 1 unspecified atom stereocenters. The van der Waals surface area contributed by atoms with Crippen molar-refractivity contribution < 1.29 is 47.4 Å². The average molecular weight is 667 g/mol. The molecule has 1 aromatic carbocycles. The largest absolute Gasteiger partial charge is 0.525 e. The molecule has 3 atom stereocenters. The number of carbonyl (C=O) groups excluding carboxylic acids is 2. The number of amides is 2. The second-order valence-corrected chi connectivity index (χ2v) is 13.0. The number of hydrogen-bond donors (Lipinski definition) is 3. The Hall–Kier alpha value is -3.69. The summed E-state index contributed by atoms with van der Waals surface area (Å²) in [6.07, 6.45) is -0.0465. The van der Waals surface area contributed by atoms with Gasteiger partial charge in [-0.1, -0.05) is 25.5 Å². The van der Waals surface area contributed by atoms with Crippen LogP contribution in [0.2, 0.25) is 0 Å². The topological polar surface area (TPSA) is 184 Å². The van der Waals surface area contributed by atoms with Crippen LogP contribution in [0.25, 0.3) is 11.4 Å². The molecule has 0 spiro atoms. The van der Waals surface area contributed by atoms with Gasteiger partial charge in [0.2, 0.25) is 5.91 Å². The minimum Gasteiger partial charge on any atom is -0.448 e. The number of anilines is 1. The van der Waals surface area contributed by atoms with Gasteiger partial charge in [-0.15, -0.1) is 5.06 Å². The number of hydroxylamine groups is 2. The zero-order valence-electron chi connectivity index (χ0n) is 25.8. The number of halogens is 1. The summed E-state index contributed by atoms with van der Waals surface area (Å²) in [4.78, 5) is 65.7. The molecule has 1 aromatic heterocycles. The highest BCUT2D eigenvalue weighted by molar-refractivity contribution is 7.52. The molecule has 3 heterocycles. The molecule has 4 rings (SSSR count). The predicted octanol–water partition coefficient (Wildman–Crippen LogP) is 2.75. The smallest absolute Gasteiger partial charge is 0.448 e. The van der Waals surface area contributed by atoms with Crippen LogP contribution in [-0.2, 0) is 23.5 Å². The molecule has 252 valence electrons. The van der Waals surface area contributed by atoms with E-state index in [4.69, 9.17) is 14.4 Å². The molecule has 2 saturated heterocycles. The minimum atomic E-state index is -4.08. The third-order valence-corrected chi connectivity index (χ3v) is 9.09. The summed E-state index contributed by atoms with van der Waals surface area (Å²) in [5.41, 5.74) is 0.256. The van der Waals surface area contributed by atoms with E-state index in [1.165, 1.54) is 34.2 Å². The maximum atomic E-state index is 14.1. The lowest BCUT2D eigenvalue weighted by molar-refractivity contribution is -0.154. The number of methoxy groups -OCH3 is 1. The van der Waals surface area contributed by atoms with Gasteiger partial charge in [0.15, 0.2) is 5.82 Å². The van der Waals surface area contributed by atoms with Gasteiger partial charge in [-0.25, -0.2) is 19.2 Å². The van der Waals surface area contributed by atoms with Gasteiger partial charge < -0.3 is 39.2 Å². The fourth-order valence-electron chi connectivity index (χ4n) is 5.13. The molecule has 0 saturated carbocycles. The number of aromatic nitrogens is 2. The quantitative estimate of drug-likeness (QED) is 0.198. The molecule has 46 heavy (non-hydrogen) atoms. The van der Waals surface area contributed by atoms with Crippen LogP contribution in [0.5, 0.6) is 0 Å². The SMILES string of the molecule is CCCCOP(=O)(O)CC[C@H](NC(=O)c1cc(N2CC[C@H](OC)C2)nc(-c2cccc(F)c2)n1)C(=O)N1CCN(OC(=O)O)CC1. The minimum absolute atomic E-state index is 0.0399. The molecule has 3 N–H and O–H groups in total. The van der Waals surface area contributed by atoms with Crippen LogP contribution in [0.3, 0.4) is 0 Å². The summed E-state index contributed by atoms with van der Waals surface area (Å²) in [5, 5.41) is 12.8. The first kappa shape index (κ1) is 35.2. The lowest BCUT2D eigenvalue weighted by Crippen LogP contribution is -2.55. The van der Waals surface area contributed by atoms with E-state index in [2.05, 4.69) is 20.1 Å². The Morgan fingerprint density at radius 2 is 1.91 bits per heavy atom. The van der Waals surface area contributed by atoms with Crippen molar-refractivity contribution in [3.8, 4) is 11.4 Å². The lowest BCUT2D eigenvalue weighted by Gasteiger charge is -2.35. The first-order chi connectivity index (χ1) is 22.0. The average Bonchev–Trinajstić information content (AvgIpc) is 3.52. The molecule has 15 nitrogen and oxygen atoms in total. The monoisotopic (exact) mass is 666 g/mol. The summed E-state index contributed by atoms with van der Waals surface area (Å²) < 4.78 is 37.5. The van der Waals surface area contributed by atoms with Crippen molar-refractivity contribution in [2.24, 2.45) is 0 Å². The van der Waals surface area contributed by atoms with Crippen LogP contribution in [0.1, 0.15) is 43.1 Å². The van der Waals surface area contributed by atoms with Crippen LogP contribution < -0.4 is 10.2 Å². The van der Waals surface area contributed by atoms with E-state index in [1.54, 1.807) is 13.2 Å². The Morgan fingerprint density at radius 1 is 1.15 bits per heavy atom. The Kier molecular flexibility index (Phi) is 12.4. The number of nitrogens with zero attached hydrogens (tertiary/aromatic N) is 5. The van der Waals surface area contributed by atoms with Gasteiger partial charge in [-0.05, 0) is 31.4 Å². The van der Waals surface area contributed by atoms with Gasteiger partial charge in [0.1, 0.15) is 23.4 Å². The van der Waals surface area contributed by atoms with Crippen molar-refractivity contribution in [1.82, 2.24) is 25.2 Å². The van der Waals surface area contributed by atoms with E-state index in [-0.39, 0.29) is 56.8 Å². The molecule has 0 radical (unpaired) electrons. The number of carboxylic acid groups (broad SMARTS) is 1. The first-order valence-electron chi connectivity index (χ1n) is 15.1. The summed E-state index contributed by atoms with van der Waals surface area (Å²) in [7, 11) is -2.46. The second kappa shape index (κ2) is 16.2. The predicted molar refractivity (Wildman–Crippen MR) is 164 cm³/mol. The number of benzene rings is 1. The van der Waals surface area contributed by atoms with E-state index < -0.39 is 43.6 Å². The number of hydrogen-bond acceptors (Lipinski definition) is 11. The number of nitrogens with one attached hydrogen (secondary N) is 1. The molecule has 2 aliphatic rings. The summed E-state index contributed by atoms with van der Waals surface area (Å²) in [6, 6.07) is 5.88. The summed E-state index contributed by atoms with van der Waals surface area (Å²) >= 11 is 0. The van der Waals surface area contributed by atoms with Gasteiger partial charge in [0.05, 0.1) is 32.0 Å². The zero-order chi connectivity index (χ0) is 33.3. The highest BCUT2D eigenvalue weighted by Crippen LogP contribution is 2.43. The van der Waals surface area contributed by atoms with Crippen LogP contribution in [0.15, 0.2) is 30.3 Å². The Morgan fingerprint density at radius 3 is 2.57 bits per heavy atom. The highest BCUT2D eigenvalue weighted by Gasteiger charge is 2.33. The molecule has 2 aromatic rings. The van der Waals surface area contributed by atoms with Crippen LogP contribution in [-0.4, -0.2) is 119 Å². The second-order valence-electron chi connectivity index (χ2n) is 11.0. The number of unbranched alkanes of at least 4 members (excludes halogenated alkanes) is 1. The highest BCUT2D eigenvalue weighted by atomic mass is 31.2. The van der Waals surface area contributed by atoms with Crippen LogP contribution in [0, 0.1) is 5.82 Å². The van der Waals surface area contributed by atoms with Crippen molar-refractivity contribution >= 4 is 31.4 Å². The molecule has 2 amide bonds. The van der Waals surface area contributed by atoms with Crippen molar-refractivity contribution in [2.75, 3.05) is 64.0 Å². The molecular weight excluding hydrogens is 626 g/mol. The fraction of sp³-hybridized carbons (Fsp3) is 0.552. The standard InChI is InChI=1S/C29H40FN6O9P/c1-3-4-15-44-46(41,42)16-9-23(28(38)34-11-13-36(14-12-34)45-29(39)40)32-27(37)24-18-25(35-10-8-22(19-35)43-2)33-26(31-24)20-6-5-7-21(30)17-20/h5-7,17-18,22-23H,3-4,8-16,19H2,1-2H3,(H,32,37)(H,39,40)(H,41,42)/t22-,23-/m0/s1. The Labute approximate surface area is 266 Å². The lowest BCUT2D eigenvalue weighted by atomic mass is 10.1. The van der Waals surface area contributed by atoms with Crippen molar-refractivity contribution in [3.05, 3.63) is 41.8 Å². The maximum Gasteiger partial charge on any atom is 0.525 e. The fourth-order valence-corrected chi connectivity index (χ4v) is 6.25.